The van der Waals surface area contributed by atoms with Crippen LogP contribution in [0.3, 0.4) is 0 Å². The van der Waals surface area contributed by atoms with Gasteiger partial charge in [-0.15, -0.1) is 0 Å². The van der Waals surface area contributed by atoms with Crippen LogP contribution in [0.15, 0.2) is 49.1 Å². The Bertz CT molecular complexity index is 1130. The second-order valence-corrected chi connectivity index (χ2v) is 15.3. The van der Waals surface area contributed by atoms with Gasteiger partial charge in [-0.1, -0.05) is 168 Å². The minimum absolute atomic E-state index is 0.0888. The predicted octanol–water partition coefficient (Wildman–Crippen LogP) is 11.9. The zero-order valence-electron chi connectivity index (χ0n) is 33.9. The van der Waals surface area contributed by atoms with Gasteiger partial charge in [0.05, 0.1) is 0 Å². The van der Waals surface area contributed by atoms with Gasteiger partial charge in [-0.3, -0.25) is 9.59 Å². The molecule has 6 heteroatoms. The number of aryl methyl sites for hydroxylation is 1. The third-order valence-corrected chi connectivity index (χ3v) is 10.3. The van der Waals surface area contributed by atoms with Crippen LogP contribution in [-0.4, -0.2) is 24.6 Å². The molecule has 1 atom stereocenters. The second kappa shape index (κ2) is 31.7. The van der Waals surface area contributed by atoms with Crippen molar-refractivity contribution in [2.45, 2.75) is 206 Å². The highest BCUT2D eigenvalue weighted by molar-refractivity contribution is 5.70. The van der Waals surface area contributed by atoms with Gasteiger partial charge in [-0.2, -0.15) is 0 Å². The Morgan fingerprint density at radius 1 is 0.500 bits per heavy atom. The average molecular weight is 723 g/mol. The summed E-state index contributed by atoms with van der Waals surface area (Å²) in [4.78, 5) is 25.5. The number of ether oxygens (including phenoxy) is 2. The van der Waals surface area contributed by atoms with Gasteiger partial charge in [-0.05, 0) is 24.0 Å². The molecule has 52 heavy (non-hydrogen) atoms. The van der Waals surface area contributed by atoms with Crippen LogP contribution in [0, 0.1) is 0 Å². The molecule has 0 spiro atoms. The van der Waals surface area contributed by atoms with Crippen molar-refractivity contribution >= 4 is 11.9 Å². The van der Waals surface area contributed by atoms with Crippen molar-refractivity contribution in [2.24, 2.45) is 7.05 Å². The number of unbranched alkanes of at least 4 members (excludes halogenated alkanes) is 24. The molecule has 2 aromatic heterocycles. The van der Waals surface area contributed by atoms with Gasteiger partial charge in [0.15, 0.2) is 37.4 Å². The lowest BCUT2D eigenvalue weighted by Gasteiger charge is -2.16. The highest BCUT2D eigenvalue weighted by Crippen LogP contribution is 2.17. The molecule has 294 valence electrons. The van der Waals surface area contributed by atoms with Crippen molar-refractivity contribution in [1.29, 1.82) is 0 Å². The molecule has 0 amide bonds. The SMILES string of the molecule is CCCCCCCCCCCCCCCC(=O)OCC(C[n+]1ccc(-c2cc[n+](C)cc2)cc1)OC(=O)CCCCCCCCCCCCCCC. The lowest BCUT2D eigenvalue weighted by molar-refractivity contribution is -0.703. The molecule has 0 aromatic carbocycles. The molecule has 0 radical (unpaired) electrons. The molecule has 0 aliphatic carbocycles. The first-order valence-corrected chi connectivity index (χ1v) is 21.8. The molecule has 0 aliphatic rings. The van der Waals surface area contributed by atoms with Crippen LogP contribution < -0.4 is 9.13 Å². The second-order valence-electron chi connectivity index (χ2n) is 15.3. The van der Waals surface area contributed by atoms with Gasteiger partial charge in [0.2, 0.25) is 0 Å². The summed E-state index contributed by atoms with van der Waals surface area (Å²) in [5.74, 6) is -0.395. The van der Waals surface area contributed by atoms with Crippen LogP contribution >= 0.6 is 0 Å². The highest BCUT2D eigenvalue weighted by atomic mass is 16.6. The number of aromatic nitrogens is 2. The summed E-state index contributed by atoms with van der Waals surface area (Å²) in [5.41, 5.74) is 2.27. The summed E-state index contributed by atoms with van der Waals surface area (Å²) in [6.45, 7) is 5.08. The Morgan fingerprint density at radius 2 is 0.846 bits per heavy atom. The van der Waals surface area contributed by atoms with Crippen molar-refractivity contribution in [2.75, 3.05) is 6.61 Å². The van der Waals surface area contributed by atoms with Gasteiger partial charge in [-0.25, -0.2) is 9.13 Å². The van der Waals surface area contributed by atoms with E-state index in [1.807, 2.05) is 41.0 Å². The fraction of sp³-hybridized carbons (Fsp3) is 0.739. The Hall–Kier alpha value is -2.76. The van der Waals surface area contributed by atoms with Crippen molar-refractivity contribution in [3.63, 3.8) is 0 Å². The van der Waals surface area contributed by atoms with E-state index in [2.05, 4.69) is 38.1 Å². The summed E-state index contributed by atoms with van der Waals surface area (Å²) in [7, 11) is 2.01. The smallest absolute Gasteiger partial charge is 0.306 e. The van der Waals surface area contributed by atoms with Gasteiger partial charge in [0, 0.05) is 37.1 Å². The Morgan fingerprint density at radius 3 is 1.25 bits per heavy atom. The molecule has 1 unspecified atom stereocenters. The maximum atomic E-state index is 12.9. The maximum Gasteiger partial charge on any atom is 0.306 e. The quantitative estimate of drug-likeness (QED) is 0.0410. The van der Waals surface area contributed by atoms with E-state index in [1.54, 1.807) is 0 Å². The van der Waals surface area contributed by atoms with Crippen LogP contribution in [0.1, 0.15) is 194 Å². The van der Waals surface area contributed by atoms with Crippen molar-refractivity contribution in [3.05, 3.63) is 49.1 Å². The van der Waals surface area contributed by atoms with Crippen LogP contribution in [0.5, 0.6) is 0 Å². The normalized spacial score (nSPS) is 11.8. The molecule has 0 saturated heterocycles. The summed E-state index contributed by atoms with van der Waals surface area (Å²) in [5, 5.41) is 0. The van der Waals surface area contributed by atoms with Gasteiger partial charge in [0.25, 0.3) is 0 Å². The lowest BCUT2D eigenvalue weighted by atomic mass is 10.0. The third-order valence-electron chi connectivity index (χ3n) is 10.3. The number of esters is 2. The minimum Gasteiger partial charge on any atom is -0.461 e. The molecule has 0 bridgehead atoms. The first-order valence-electron chi connectivity index (χ1n) is 21.8. The molecule has 2 rings (SSSR count). The summed E-state index contributed by atoms with van der Waals surface area (Å²) >= 11 is 0. The average Bonchev–Trinajstić information content (AvgIpc) is 3.15. The molecule has 0 aliphatic heterocycles. The monoisotopic (exact) mass is 723 g/mol. The largest absolute Gasteiger partial charge is 0.461 e. The van der Waals surface area contributed by atoms with E-state index in [9.17, 15) is 9.59 Å². The van der Waals surface area contributed by atoms with Crippen molar-refractivity contribution < 1.29 is 28.2 Å². The van der Waals surface area contributed by atoms with Crippen LogP contribution in [-0.2, 0) is 32.7 Å². The molecular weight excluding hydrogens is 645 g/mol. The Kier molecular flexibility index (Phi) is 27.7. The summed E-state index contributed by atoms with van der Waals surface area (Å²) in [6.07, 6.45) is 41.5. The van der Waals surface area contributed by atoms with E-state index in [0.29, 0.717) is 19.4 Å². The van der Waals surface area contributed by atoms with E-state index >= 15 is 0 Å². The zero-order valence-corrected chi connectivity index (χ0v) is 33.9. The first-order chi connectivity index (χ1) is 25.5. The fourth-order valence-electron chi connectivity index (χ4n) is 6.90. The van der Waals surface area contributed by atoms with Crippen LogP contribution in [0.2, 0.25) is 0 Å². The van der Waals surface area contributed by atoms with E-state index in [4.69, 9.17) is 9.47 Å². The predicted molar refractivity (Wildman–Crippen MR) is 215 cm³/mol. The molecular formula is C46H78N2O4+2. The van der Waals surface area contributed by atoms with Gasteiger partial charge < -0.3 is 9.47 Å². The molecule has 0 fully saturated rings. The fourth-order valence-corrected chi connectivity index (χ4v) is 6.90. The van der Waals surface area contributed by atoms with Crippen molar-refractivity contribution in [1.82, 2.24) is 0 Å². The lowest BCUT2D eigenvalue weighted by Crippen LogP contribution is -2.43. The van der Waals surface area contributed by atoms with E-state index in [0.717, 1.165) is 36.8 Å². The third kappa shape index (κ3) is 24.5. The minimum atomic E-state index is -0.517. The molecule has 0 saturated carbocycles. The summed E-state index contributed by atoms with van der Waals surface area (Å²) < 4.78 is 15.6. The van der Waals surface area contributed by atoms with E-state index < -0.39 is 6.10 Å². The number of pyridine rings is 2. The number of nitrogens with zero attached hydrogens (tertiary/aromatic N) is 2. The maximum absolute atomic E-state index is 12.9. The topological polar surface area (TPSA) is 60.4 Å². The number of hydrogen-bond donors (Lipinski definition) is 0. The van der Waals surface area contributed by atoms with Gasteiger partial charge >= 0.3 is 11.9 Å². The van der Waals surface area contributed by atoms with Crippen LogP contribution in [0.25, 0.3) is 11.1 Å². The molecule has 6 nitrogen and oxygen atoms in total. The Balaban J connectivity index is 1.68. The zero-order chi connectivity index (χ0) is 37.3. The van der Waals surface area contributed by atoms with E-state index in [1.165, 1.54) is 141 Å². The summed E-state index contributed by atoms with van der Waals surface area (Å²) in [6, 6.07) is 8.33. The van der Waals surface area contributed by atoms with Crippen LogP contribution in [0.4, 0.5) is 0 Å². The standard InChI is InChI=1S/C46H78N2O4/c1-4-6-8-10-12-14-16-18-20-22-24-26-28-30-45(49)51-41-44(40-48-38-34-43(35-39-48)42-32-36-47(3)37-33-42)52-46(50)31-29-27-25-23-21-19-17-15-13-11-9-7-5-2/h32-39,44H,4-31,40-41H2,1-3H3/q+2. The molecule has 0 N–H and O–H groups in total. The number of rotatable bonds is 34. The molecule has 2 aromatic rings. The number of carbonyl (C=O) groups is 2. The van der Waals surface area contributed by atoms with E-state index in [-0.39, 0.29) is 18.5 Å². The van der Waals surface area contributed by atoms with Crippen molar-refractivity contribution in [3.8, 4) is 11.1 Å². The number of carbonyl (C=O) groups excluding carboxylic acids is 2. The highest BCUT2D eigenvalue weighted by Gasteiger charge is 2.22. The number of hydrogen-bond acceptors (Lipinski definition) is 4. The Labute approximate surface area is 319 Å². The van der Waals surface area contributed by atoms with Gasteiger partial charge in [0.1, 0.15) is 13.7 Å². The molecule has 2 heterocycles. The first kappa shape index (κ1) is 45.4.